The van der Waals surface area contributed by atoms with Crippen molar-refractivity contribution in [1.82, 2.24) is 20.2 Å². The van der Waals surface area contributed by atoms with Crippen molar-refractivity contribution in [2.75, 3.05) is 5.75 Å². The van der Waals surface area contributed by atoms with Crippen molar-refractivity contribution in [2.45, 2.75) is 5.16 Å². The number of hydrazone groups is 1. The van der Waals surface area contributed by atoms with E-state index in [0.717, 1.165) is 21.3 Å². The molecule has 0 saturated heterocycles. The lowest BCUT2D eigenvalue weighted by molar-refractivity contribution is -0.118. The van der Waals surface area contributed by atoms with Crippen LogP contribution in [0.2, 0.25) is 5.02 Å². The Morgan fingerprint density at radius 1 is 1.03 bits per heavy atom. The molecule has 0 aliphatic carbocycles. The second-order valence-corrected chi connectivity index (χ2v) is 8.82. The highest BCUT2D eigenvalue weighted by atomic mass is 79.9. The average molecular weight is 527 g/mol. The van der Waals surface area contributed by atoms with Crippen LogP contribution in [0.3, 0.4) is 0 Å². The molecule has 6 nitrogen and oxygen atoms in total. The molecular formula is C23H17BrClN5OS. The fourth-order valence-electron chi connectivity index (χ4n) is 2.88. The van der Waals surface area contributed by atoms with Gasteiger partial charge in [0.2, 0.25) is 0 Å². The van der Waals surface area contributed by atoms with E-state index in [9.17, 15) is 4.79 Å². The molecule has 1 aromatic heterocycles. The van der Waals surface area contributed by atoms with Gasteiger partial charge in [-0.05, 0) is 30.3 Å². The van der Waals surface area contributed by atoms with E-state index in [1.54, 1.807) is 6.21 Å². The predicted octanol–water partition coefficient (Wildman–Crippen LogP) is 5.59. The molecule has 160 valence electrons. The Balaban J connectivity index is 1.51. The van der Waals surface area contributed by atoms with Crippen molar-refractivity contribution in [2.24, 2.45) is 5.10 Å². The highest BCUT2D eigenvalue weighted by molar-refractivity contribution is 9.10. The summed E-state index contributed by atoms with van der Waals surface area (Å²) in [5.41, 5.74) is 5.19. The largest absolute Gasteiger partial charge is 0.272 e. The normalized spacial score (nSPS) is 11.1. The molecule has 0 unspecified atom stereocenters. The Bertz CT molecular complexity index is 1240. The van der Waals surface area contributed by atoms with Gasteiger partial charge in [-0.3, -0.25) is 9.36 Å². The lowest BCUT2D eigenvalue weighted by atomic mass is 10.2. The molecular weight excluding hydrogens is 510 g/mol. The minimum atomic E-state index is -0.245. The second kappa shape index (κ2) is 10.6. The quantitative estimate of drug-likeness (QED) is 0.193. The third-order valence-electron chi connectivity index (χ3n) is 4.38. The summed E-state index contributed by atoms with van der Waals surface area (Å²) in [5, 5.41) is 14.0. The molecule has 1 N–H and O–H groups in total. The Morgan fingerprint density at radius 2 is 1.75 bits per heavy atom. The van der Waals surface area contributed by atoms with Gasteiger partial charge in [-0.15, -0.1) is 10.2 Å². The van der Waals surface area contributed by atoms with Crippen LogP contribution < -0.4 is 5.43 Å². The number of nitrogens with one attached hydrogen (secondary N) is 1. The molecule has 4 aromatic rings. The maximum absolute atomic E-state index is 12.3. The van der Waals surface area contributed by atoms with Crippen molar-refractivity contribution in [3.8, 4) is 17.1 Å². The van der Waals surface area contributed by atoms with Crippen LogP contribution in [0.4, 0.5) is 0 Å². The summed E-state index contributed by atoms with van der Waals surface area (Å²) < 4.78 is 2.81. The van der Waals surface area contributed by atoms with Crippen LogP contribution in [0.5, 0.6) is 0 Å². The lowest BCUT2D eigenvalue weighted by Gasteiger charge is -2.10. The minimum absolute atomic E-state index is 0.133. The molecule has 1 amide bonds. The third kappa shape index (κ3) is 5.45. The van der Waals surface area contributed by atoms with Crippen molar-refractivity contribution in [3.05, 3.63) is 93.9 Å². The first kappa shape index (κ1) is 22.3. The first-order valence-electron chi connectivity index (χ1n) is 9.58. The van der Waals surface area contributed by atoms with Gasteiger partial charge in [-0.2, -0.15) is 5.10 Å². The van der Waals surface area contributed by atoms with Gasteiger partial charge in [0.25, 0.3) is 5.91 Å². The number of nitrogens with zero attached hydrogens (tertiary/aromatic N) is 4. The second-order valence-electron chi connectivity index (χ2n) is 6.59. The van der Waals surface area contributed by atoms with E-state index in [1.807, 2.05) is 83.4 Å². The summed E-state index contributed by atoms with van der Waals surface area (Å²) in [6.07, 6.45) is 1.59. The number of amides is 1. The van der Waals surface area contributed by atoms with Crippen molar-refractivity contribution in [3.63, 3.8) is 0 Å². The summed E-state index contributed by atoms with van der Waals surface area (Å²) in [4.78, 5) is 12.3. The smallest absolute Gasteiger partial charge is 0.250 e. The molecule has 4 rings (SSSR count). The van der Waals surface area contributed by atoms with Crippen LogP contribution in [0, 0.1) is 0 Å². The maximum Gasteiger partial charge on any atom is 0.250 e. The van der Waals surface area contributed by atoms with Gasteiger partial charge in [0.15, 0.2) is 11.0 Å². The topological polar surface area (TPSA) is 72.2 Å². The summed E-state index contributed by atoms with van der Waals surface area (Å²) in [6.45, 7) is 0. The van der Waals surface area contributed by atoms with E-state index < -0.39 is 0 Å². The van der Waals surface area contributed by atoms with E-state index in [4.69, 9.17) is 11.6 Å². The lowest BCUT2D eigenvalue weighted by Crippen LogP contribution is -2.20. The molecule has 9 heteroatoms. The molecule has 32 heavy (non-hydrogen) atoms. The molecule has 0 saturated carbocycles. The predicted molar refractivity (Wildman–Crippen MR) is 132 cm³/mol. The number of aromatic nitrogens is 3. The van der Waals surface area contributed by atoms with E-state index >= 15 is 0 Å². The molecule has 0 bridgehead atoms. The fraction of sp³-hybridized carbons (Fsp3) is 0.0435. The number of hydrogen-bond acceptors (Lipinski definition) is 5. The number of rotatable bonds is 7. The first-order chi connectivity index (χ1) is 15.6. The zero-order valence-electron chi connectivity index (χ0n) is 16.7. The van der Waals surface area contributed by atoms with E-state index in [1.165, 1.54) is 11.8 Å². The van der Waals surface area contributed by atoms with Gasteiger partial charge in [0.05, 0.1) is 12.0 Å². The number of benzene rings is 3. The van der Waals surface area contributed by atoms with Crippen LogP contribution in [0.25, 0.3) is 17.1 Å². The number of carbonyl (C=O) groups is 1. The highest BCUT2D eigenvalue weighted by Crippen LogP contribution is 2.28. The van der Waals surface area contributed by atoms with E-state index in [2.05, 4.69) is 36.7 Å². The Hall–Kier alpha value is -2.94. The molecule has 0 spiro atoms. The van der Waals surface area contributed by atoms with Crippen LogP contribution in [0.1, 0.15) is 5.56 Å². The minimum Gasteiger partial charge on any atom is -0.272 e. The van der Waals surface area contributed by atoms with E-state index in [0.29, 0.717) is 16.0 Å². The number of thioether (sulfide) groups is 1. The van der Waals surface area contributed by atoms with Gasteiger partial charge in [-0.25, -0.2) is 5.43 Å². The van der Waals surface area contributed by atoms with Crippen molar-refractivity contribution in [1.29, 1.82) is 0 Å². The first-order valence-corrected chi connectivity index (χ1v) is 11.7. The molecule has 3 aromatic carbocycles. The van der Waals surface area contributed by atoms with Crippen LogP contribution in [-0.2, 0) is 4.79 Å². The summed E-state index contributed by atoms with van der Waals surface area (Å²) in [5.74, 6) is 0.571. The third-order valence-corrected chi connectivity index (χ3v) is 6.28. The van der Waals surface area contributed by atoms with Crippen LogP contribution >= 0.6 is 39.3 Å². The number of hydrogen-bond donors (Lipinski definition) is 1. The zero-order chi connectivity index (χ0) is 22.3. The SMILES string of the molecule is O=C(CSc1nnc(-c2ccccc2)n1-c1ccc(Cl)cc1)NN=Cc1ccccc1Br. The molecule has 0 aliphatic heterocycles. The number of carbonyl (C=O) groups excluding carboxylic acids is 1. The monoisotopic (exact) mass is 525 g/mol. The standard InChI is InChI=1S/C23H17BrClN5OS/c24-20-9-5-4-8-17(20)14-26-27-21(31)15-32-23-29-28-22(16-6-2-1-3-7-16)30(23)19-12-10-18(25)11-13-19/h1-14H,15H2,(H,27,31). The van der Waals surface area contributed by atoms with Crippen molar-refractivity contribution < 1.29 is 4.79 Å². The fourth-order valence-corrected chi connectivity index (χ4v) is 4.13. The summed E-state index contributed by atoms with van der Waals surface area (Å²) in [6, 6.07) is 24.8. The van der Waals surface area contributed by atoms with E-state index in [-0.39, 0.29) is 11.7 Å². The summed E-state index contributed by atoms with van der Waals surface area (Å²) in [7, 11) is 0. The molecule has 1 heterocycles. The van der Waals surface area contributed by atoms with Crippen molar-refractivity contribution >= 4 is 51.4 Å². The van der Waals surface area contributed by atoms with Crippen LogP contribution in [0.15, 0.2) is 93.6 Å². The van der Waals surface area contributed by atoms with Gasteiger partial charge < -0.3 is 0 Å². The number of halogens is 2. The summed E-state index contributed by atoms with van der Waals surface area (Å²) >= 11 is 10.8. The molecule has 0 fully saturated rings. The van der Waals surface area contributed by atoms with Crippen LogP contribution in [-0.4, -0.2) is 32.6 Å². The molecule has 0 atom stereocenters. The zero-order valence-corrected chi connectivity index (χ0v) is 19.8. The Kier molecular flexibility index (Phi) is 7.36. The van der Waals surface area contributed by atoms with Gasteiger partial charge >= 0.3 is 0 Å². The van der Waals surface area contributed by atoms with Gasteiger partial charge in [-0.1, -0.05) is 87.8 Å². The van der Waals surface area contributed by atoms with Gasteiger partial charge in [0, 0.05) is 26.3 Å². The average Bonchev–Trinajstić information content (AvgIpc) is 3.24. The molecule has 0 aliphatic rings. The Labute approximate surface area is 202 Å². The highest BCUT2D eigenvalue weighted by Gasteiger charge is 2.17. The Morgan fingerprint density at radius 3 is 2.50 bits per heavy atom. The van der Waals surface area contributed by atoms with Gasteiger partial charge in [0.1, 0.15) is 0 Å². The maximum atomic E-state index is 12.3. The molecule has 0 radical (unpaired) electrons.